The average Bonchev–Trinajstić information content (AvgIpc) is 3.21. The van der Waals surface area contributed by atoms with Crippen LogP contribution in [0, 0.1) is 46.3 Å². The maximum atomic E-state index is 11.8. The van der Waals surface area contributed by atoms with Gasteiger partial charge in [0.05, 0.1) is 0 Å². The minimum Gasteiger partial charge on any atom is -0.462 e. The first-order chi connectivity index (χ1) is 17.6. The molecular formula is C34H57NO2. The van der Waals surface area contributed by atoms with E-state index in [4.69, 9.17) is 4.74 Å². The lowest BCUT2D eigenvalue weighted by atomic mass is 9.45. The molecule has 0 bridgehead atoms. The van der Waals surface area contributed by atoms with Gasteiger partial charge in [-0.15, -0.1) is 0 Å². The predicted octanol–water partition coefficient (Wildman–Crippen LogP) is 8.42. The lowest BCUT2D eigenvalue weighted by molar-refractivity contribution is -0.149. The van der Waals surface area contributed by atoms with Gasteiger partial charge in [0.15, 0.2) is 0 Å². The number of likely N-dealkylation sites (tertiary alicyclic amines) is 1. The molecule has 210 valence electrons. The van der Waals surface area contributed by atoms with E-state index in [0.717, 1.165) is 48.3 Å². The Morgan fingerprint density at radius 3 is 2.46 bits per heavy atom. The molecule has 3 nitrogen and oxygen atoms in total. The van der Waals surface area contributed by atoms with Crippen LogP contribution in [-0.2, 0) is 9.53 Å². The molecule has 0 amide bonds. The van der Waals surface area contributed by atoms with E-state index in [-0.39, 0.29) is 12.1 Å². The molecule has 3 saturated carbocycles. The van der Waals surface area contributed by atoms with Gasteiger partial charge in [-0.2, -0.15) is 0 Å². The van der Waals surface area contributed by atoms with Crippen LogP contribution in [0.3, 0.4) is 0 Å². The van der Waals surface area contributed by atoms with Crippen molar-refractivity contribution < 1.29 is 9.53 Å². The van der Waals surface area contributed by atoms with Crippen LogP contribution < -0.4 is 0 Å². The fourth-order valence-corrected chi connectivity index (χ4v) is 10.5. The Balaban J connectivity index is 1.43. The highest BCUT2D eigenvalue weighted by Gasteiger charge is 2.61. The molecule has 0 aromatic rings. The highest BCUT2D eigenvalue weighted by molar-refractivity contribution is 5.66. The van der Waals surface area contributed by atoms with Crippen LogP contribution >= 0.6 is 0 Å². The lowest BCUT2D eigenvalue weighted by Gasteiger charge is -2.62. The Morgan fingerprint density at radius 2 is 1.76 bits per heavy atom. The van der Waals surface area contributed by atoms with Crippen LogP contribution in [0.2, 0.25) is 0 Å². The molecule has 9 atom stereocenters. The van der Waals surface area contributed by atoms with Crippen molar-refractivity contribution in [3.8, 4) is 0 Å². The minimum absolute atomic E-state index is 0.0896. The monoisotopic (exact) mass is 511 g/mol. The summed E-state index contributed by atoms with van der Waals surface area (Å²) < 4.78 is 5.78. The number of ether oxygens (including phenoxy) is 1. The second-order valence-corrected chi connectivity index (χ2v) is 15.0. The maximum absolute atomic E-state index is 11.8. The second kappa shape index (κ2) is 11.0. The topological polar surface area (TPSA) is 29.5 Å². The van der Waals surface area contributed by atoms with Crippen LogP contribution in [0.1, 0.15) is 125 Å². The van der Waals surface area contributed by atoms with Gasteiger partial charge in [0, 0.05) is 19.4 Å². The van der Waals surface area contributed by atoms with E-state index >= 15 is 0 Å². The Hall–Kier alpha value is -0.830. The molecule has 0 radical (unpaired) electrons. The third-order valence-corrected chi connectivity index (χ3v) is 12.4. The van der Waals surface area contributed by atoms with Crippen molar-refractivity contribution in [1.29, 1.82) is 0 Å². The summed E-state index contributed by atoms with van der Waals surface area (Å²) in [5.41, 5.74) is 2.46. The molecule has 1 heterocycles. The summed E-state index contributed by atoms with van der Waals surface area (Å²) in [5.74, 6) is 4.97. The molecule has 1 aliphatic heterocycles. The highest BCUT2D eigenvalue weighted by Crippen LogP contribution is 2.68. The first kappa shape index (κ1) is 27.7. The van der Waals surface area contributed by atoms with E-state index in [1.54, 1.807) is 12.5 Å². The fraction of sp³-hybridized carbons (Fsp3) is 0.912. The van der Waals surface area contributed by atoms with Crippen molar-refractivity contribution >= 4 is 5.97 Å². The fourth-order valence-electron chi connectivity index (χ4n) is 10.5. The third kappa shape index (κ3) is 5.21. The molecule has 1 saturated heterocycles. The van der Waals surface area contributed by atoms with Gasteiger partial charge >= 0.3 is 5.97 Å². The molecule has 5 rings (SSSR count). The van der Waals surface area contributed by atoms with Gasteiger partial charge in [-0.1, -0.05) is 72.0 Å². The summed E-state index contributed by atoms with van der Waals surface area (Å²) in [6.45, 7) is 16.8. The van der Waals surface area contributed by atoms with E-state index in [1.807, 2.05) is 0 Å². The van der Waals surface area contributed by atoms with Gasteiger partial charge < -0.3 is 4.74 Å². The van der Waals surface area contributed by atoms with Crippen LogP contribution in [-0.4, -0.2) is 36.1 Å². The summed E-state index contributed by atoms with van der Waals surface area (Å²) in [6, 6.07) is 0.601. The van der Waals surface area contributed by atoms with E-state index in [0.29, 0.717) is 16.9 Å². The highest BCUT2D eigenvalue weighted by atomic mass is 16.5. The molecule has 5 aliphatic rings. The van der Waals surface area contributed by atoms with E-state index in [2.05, 4.69) is 45.6 Å². The number of rotatable bonds is 7. The van der Waals surface area contributed by atoms with Gasteiger partial charge in [0.1, 0.15) is 6.10 Å². The zero-order valence-electron chi connectivity index (χ0n) is 25.1. The molecule has 37 heavy (non-hydrogen) atoms. The van der Waals surface area contributed by atoms with Crippen LogP contribution in [0.4, 0.5) is 0 Å². The number of hydrogen-bond donors (Lipinski definition) is 0. The molecule has 4 aliphatic carbocycles. The van der Waals surface area contributed by atoms with Gasteiger partial charge in [-0.05, 0) is 111 Å². The zero-order valence-corrected chi connectivity index (χ0v) is 25.1. The molecule has 0 N–H and O–H groups in total. The van der Waals surface area contributed by atoms with E-state index in [9.17, 15) is 4.79 Å². The zero-order chi connectivity index (χ0) is 26.4. The van der Waals surface area contributed by atoms with Gasteiger partial charge in [0.25, 0.3) is 0 Å². The largest absolute Gasteiger partial charge is 0.462 e. The number of piperidine rings is 1. The molecule has 0 unspecified atom stereocenters. The van der Waals surface area contributed by atoms with Crippen LogP contribution in [0.15, 0.2) is 11.6 Å². The van der Waals surface area contributed by atoms with Crippen LogP contribution in [0.25, 0.3) is 0 Å². The number of fused-ring (bicyclic) bond motifs is 5. The first-order valence-electron chi connectivity index (χ1n) is 16.3. The summed E-state index contributed by atoms with van der Waals surface area (Å²) in [6.07, 6.45) is 20.2. The molecule has 3 heteroatoms. The SMILES string of the molecule is CC(=O)O[C@H]1CC[C@@]2(C)C(=C[C@@H](N3CCCCC3)[C@@H]3[C@H]4CC[C@@H]([C@H](C)CCCC(C)C)[C@]4(C)CC[C@H]32)C1. The second-order valence-electron chi connectivity index (χ2n) is 15.0. The minimum atomic E-state index is -0.108. The Bertz CT molecular complexity index is 843. The predicted molar refractivity (Wildman–Crippen MR) is 153 cm³/mol. The lowest BCUT2D eigenvalue weighted by Crippen LogP contribution is -2.59. The molecule has 0 spiro atoms. The van der Waals surface area contributed by atoms with Crippen molar-refractivity contribution in [1.82, 2.24) is 4.90 Å². The maximum Gasteiger partial charge on any atom is 0.302 e. The summed E-state index contributed by atoms with van der Waals surface area (Å²) in [4.78, 5) is 14.7. The van der Waals surface area contributed by atoms with Crippen molar-refractivity contribution in [3.05, 3.63) is 11.6 Å². The summed E-state index contributed by atoms with van der Waals surface area (Å²) in [5, 5.41) is 0. The number of esters is 1. The number of nitrogens with zero attached hydrogens (tertiary/aromatic N) is 1. The molecule has 0 aromatic carbocycles. The summed E-state index contributed by atoms with van der Waals surface area (Å²) in [7, 11) is 0. The van der Waals surface area contributed by atoms with Crippen molar-refractivity contribution in [2.24, 2.45) is 46.3 Å². The standard InChI is InChI=1S/C34H57NO2/c1-23(2)11-10-12-24(3)28-13-14-29-32-30(16-18-34(28,29)6)33(5)17-15-27(37-25(4)36)21-26(33)22-31(32)35-19-8-7-9-20-35/h22-24,27-32H,7-21H2,1-6H3/t24-,27+,28+,29-,30-,31-,32-,33+,34+/m1/s1. The number of carbonyl (C=O) groups is 1. The third-order valence-electron chi connectivity index (χ3n) is 12.4. The smallest absolute Gasteiger partial charge is 0.302 e. The Labute approximate surface area is 228 Å². The Kier molecular flexibility index (Phi) is 8.22. The van der Waals surface area contributed by atoms with Crippen molar-refractivity contribution in [2.75, 3.05) is 13.1 Å². The van der Waals surface area contributed by atoms with Crippen molar-refractivity contribution in [2.45, 2.75) is 137 Å². The molecule has 0 aromatic heterocycles. The quantitative estimate of drug-likeness (QED) is 0.254. The van der Waals surface area contributed by atoms with Gasteiger partial charge in [0.2, 0.25) is 0 Å². The van der Waals surface area contributed by atoms with E-state index < -0.39 is 0 Å². The van der Waals surface area contributed by atoms with Crippen molar-refractivity contribution in [3.63, 3.8) is 0 Å². The normalized spacial score (nSPS) is 42.9. The molecular weight excluding hydrogens is 454 g/mol. The van der Waals surface area contributed by atoms with Gasteiger partial charge in [-0.3, -0.25) is 9.69 Å². The van der Waals surface area contributed by atoms with Gasteiger partial charge in [-0.25, -0.2) is 0 Å². The van der Waals surface area contributed by atoms with Crippen LogP contribution in [0.5, 0.6) is 0 Å². The van der Waals surface area contributed by atoms with E-state index in [1.165, 1.54) is 83.7 Å². The number of carbonyl (C=O) groups excluding carboxylic acids is 1. The average molecular weight is 512 g/mol. The Morgan fingerprint density at radius 1 is 1.00 bits per heavy atom. The summed E-state index contributed by atoms with van der Waals surface area (Å²) >= 11 is 0. The first-order valence-corrected chi connectivity index (χ1v) is 16.3. The molecule has 4 fully saturated rings. The number of hydrogen-bond acceptors (Lipinski definition) is 3.